The molecule has 0 aliphatic heterocycles. The van der Waals surface area contributed by atoms with E-state index >= 15 is 0 Å². The summed E-state index contributed by atoms with van der Waals surface area (Å²) in [6.45, 7) is 3.44. The highest BCUT2D eigenvalue weighted by molar-refractivity contribution is 5.90. The van der Waals surface area contributed by atoms with Crippen LogP contribution in [-0.4, -0.2) is 21.0 Å². The first kappa shape index (κ1) is 18.2. The zero-order chi connectivity index (χ0) is 19.4. The van der Waals surface area contributed by atoms with Crippen molar-refractivity contribution in [3.63, 3.8) is 0 Å². The largest absolute Gasteiger partial charge is 0.452 e. The van der Waals surface area contributed by atoms with Gasteiger partial charge in [0.1, 0.15) is 0 Å². The van der Waals surface area contributed by atoms with Crippen molar-refractivity contribution in [2.75, 3.05) is 0 Å². The van der Waals surface area contributed by atoms with Gasteiger partial charge in [-0.05, 0) is 25.0 Å². The Hall–Kier alpha value is -3.55. The van der Waals surface area contributed by atoms with Crippen LogP contribution in [0.25, 0.3) is 11.4 Å². The van der Waals surface area contributed by atoms with Crippen LogP contribution in [0.4, 0.5) is 5.69 Å². The third-order valence-electron chi connectivity index (χ3n) is 4.06. The Morgan fingerprint density at radius 1 is 1.22 bits per heavy atom. The Labute approximate surface area is 154 Å². The first-order valence-electron chi connectivity index (χ1n) is 8.32. The molecule has 1 heterocycles. The Balaban J connectivity index is 1.67. The molecule has 0 atom stereocenters. The van der Waals surface area contributed by atoms with E-state index in [1.165, 1.54) is 23.8 Å². The molecule has 0 amide bonds. The van der Waals surface area contributed by atoms with Crippen molar-refractivity contribution in [2.45, 2.75) is 26.9 Å². The Morgan fingerprint density at radius 2 is 1.96 bits per heavy atom. The van der Waals surface area contributed by atoms with Crippen molar-refractivity contribution < 1.29 is 19.0 Å². The van der Waals surface area contributed by atoms with E-state index in [2.05, 4.69) is 17.1 Å². The van der Waals surface area contributed by atoms with Gasteiger partial charge in [-0.1, -0.05) is 42.4 Å². The number of hydrogen-bond acceptors (Lipinski definition) is 7. The molecular weight excluding hydrogens is 350 g/mol. The maximum Gasteiger partial charge on any atom is 0.338 e. The van der Waals surface area contributed by atoms with Gasteiger partial charge in [0.25, 0.3) is 11.6 Å². The average molecular weight is 367 g/mol. The van der Waals surface area contributed by atoms with E-state index in [1.807, 2.05) is 24.3 Å². The SMILES string of the molecule is CCc1ccc(-c2noc(COC(=O)c3ccc(C)c([N+](=O)[O-])c3)n2)cc1. The third-order valence-corrected chi connectivity index (χ3v) is 4.06. The second-order valence-corrected chi connectivity index (χ2v) is 5.90. The summed E-state index contributed by atoms with van der Waals surface area (Å²) in [4.78, 5) is 26.7. The summed E-state index contributed by atoms with van der Waals surface area (Å²) >= 11 is 0. The van der Waals surface area contributed by atoms with Gasteiger partial charge in [0.15, 0.2) is 6.61 Å². The van der Waals surface area contributed by atoms with Gasteiger partial charge in [0.05, 0.1) is 10.5 Å². The minimum absolute atomic E-state index is 0.0854. The van der Waals surface area contributed by atoms with Crippen molar-refractivity contribution in [1.29, 1.82) is 0 Å². The first-order chi connectivity index (χ1) is 13.0. The van der Waals surface area contributed by atoms with E-state index in [0.29, 0.717) is 11.4 Å². The van der Waals surface area contributed by atoms with E-state index in [4.69, 9.17) is 9.26 Å². The minimum Gasteiger partial charge on any atom is -0.452 e. The molecule has 0 aliphatic rings. The van der Waals surface area contributed by atoms with Crippen LogP contribution in [-0.2, 0) is 17.8 Å². The fourth-order valence-corrected chi connectivity index (χ4v) is 2.46. The normalized spacial score (nSPS) is 10.6. The van der Waals surface area contributed by atoms with Crippen LogP contribution in [0.1, 0.15) is 34.3 Å². The molecule has 2 aromatic carbocycles. The molecule has 0 fully saturated rings. The topological polar surface area (TPSA) is 108 Å². The quantitative estimate of drug-likeness (QED) is 0.369. The number of carbonyl (C=O) groups is 1. The van der Waals surface area contributed by atoms with Crippen LogP contribution < -0.4 is 0 Å². The number of nitrogens with zero attached hydrogens (tertiary/aromatic N) is 3. The molecular formula is C19H17N3O5. The van der Waals surface area contributed by atoms with Crippen LogP contribution in [0.2, 0.25) is 0 Å². The number of nitro groups is 1. The molecule has 0 spiro atoms. The molecule has 8 nitrogen and oxygen atoms in total. The lowest BCUT2D eigenvalue weighted by atomic mass is 10.1. The summed E-state index contributed by atoms with van der Waals surface area (Å²) in [5.41, 5.74) is 2.40. The number of esters is 1. The molecule has 0 bridgehead atoms. The van der Waals surface area contributed by atoms with Gasteiger partial charge in [-0.15, -0.1) is 0 Å². The van der Waals surface area contributed by atoms with Crippen LogP contribution in [0.3, 0.4) is 0 Å². The van der Waals surface area contributed by atoms with E-state index < -0.39 is 10.9 Å². The fraction of sp³-hybridized carbons (Fsp3) is 0.211. The molecule has 138 valence electrons. The summed E-state index contributed by atoms with van der Waals surface area (Å²) in [5, 5.41) is 14.8. The highest BCUT2D eigenvalue weighted by atomic mass is 16.6. The second-order valence-electron chi connectivity index (χ2n) is 5.90. The maximum absolute atomic E-state index is 12.1. The van der Waals surface area contributed by atoms with Gasteiger partial charge in [0, 0.05) is 17.2 Å². The fourth-order valence-electron chi connectivity index (χ4n) is 2.46. The summed E-state index contributed by atoms with van der Waals surface area (Å²) in [6, 6.07) is 11.9. The van der Waals surface area contributed by atoms with E-state index in [-0.39, 0.29) is 23.7 Å². The average Bonchev–Trinajstić information content (AvgIpc) is 3.15. The molecule has 0 radical (unpaired) electrons. The van der Waals surface area contributed by atoms with Gasteiger partial charge in [-0.3, -0.25) is 10.1 Å². The van der Waals surface area contributed by atoms with Crippen molar-refractivity contribution in [1.82, 2.24) is 10.1 Å². The second kappa shape index (κ2) is 7.77. The number of benzene rings is 2. The monoisotopic (exact) mass is 367 g/mol. The summed E-state index contributed by atoms with van der Waals surface area (Å²) in [7, 11) is 0. The van der Waals surface area contributed by atoms with E-state index in [9.17, 15) is 14.9 Å². The molecule has 27 heavy (non-hydrogen) atoms. The van der Waals surface area contributed by atoms with Crippen LogP contribution in [0, 0.1) is 17.0 Å². The molecule has 3 rings (SSSR count). The number of nitro benzene ring substituents is 1. The Morgan fingerprint density at radius 3 is 2.63 bits per heavy atom. The predicted molar refractivity (Wildman–Crippen MR) is 96.1 cm³/mol. The van der Waals surface area contributed by atoms with Crippen molar-refractivity contribution in [2.24, 2.45) is 0 Å². The van der Waals surface area contributed by atoms with Crippen LogP contribution in [0.5, 0.6) is 0 Å². The molecule has 0 saturated heterocycles. The molecule has 0 N–H and O–H groups in total. The lowest BCUT2D eigenvalue weighted by Gasteiger charge is -2.03. The standard InChI is InChI=1S/C19H17N3O5/c1-3-13-5-8-14(9-6-13)18-20-17(27-21-18)11-26-19(23)15-7-4-12(2)16(10-15)22(24)25/h4-10H,3,11H2,1-2H3. The lowest BCUT2D eigenvalue weighted by Crippen LogP contribution is -2.06. The first-order valence-corrected chi connectivity index (χ1v) is 8.32. The molecule has 0 aliphatic carbocycles. The summed E-state index contributed by atoms with van der Waals surface area (Å²) in [6.07, 6.45) is 0.935. The van der Waals surface area contributed by atoms with Crippen molar-refractivity contribution in [3.05, 3.63) is 75.2 Å². The van der Waals surface area contributed by atoms with Gasteiger partial charge in [-0.2, -0.15) is 4.98 Å². The van der Waals surface area contributed by atoms with Crippen LogP contribution in [0.15, 0.2) is 47.0 Å². The number of aryl methyl sites for hydroxylation is 2. The number of ether oxygens (including phenoxy) is 1. The zero-order valence-corrected chi connectivity index (χ0v) is 14.8. The third kappa shape index (κ3) is 4.17. The molecule has 8 heteroatoms. The summed E-state index contributed by atoms with van der Waals surface area (Å²) < 4.78 is 10.2. The van der Waals surface area contributed by atoms with Gasteiger partial charge < -0.3 is 9.26 Å². The molecule has 0 saturated carbocycles. The highest BCUT2D eigenvalue weighted by Gasteiger charge is 2.17. The predicted octanol–water partition coefficient (Wildman–Crippen LogP) is 3.87. The highest BCUT2D eigenvalue weighted by Crippen LogP contribution is 2.21. The Kier molecular flexibility index (Phi) is 5.25. The molecule has 3 aromatic rings. The smallest absolute Gasteiger partial charge is 0.338 e. The zero-order valence-electron chi connectivity index (χ0n) is 14.8. The van der Waals surface area contributed by atoms with Crippen molar-refractivity contribution in [3.8, 4) is 11.4 Å². The van der Waals surface area contributed by atoms with Gasteiger partial charge in [-0.25, -0.2) is 4.79 Å². The Bertz CT molecular complexity index is 979. The minimum atomic E-state index is -0.704. The number of hydrogen-bond donors (Lipinski definition) is 0. The van der Waals surface area contributed by atoms with E-state index in [0.717, 1.165) is 12.0 Å². The maximum atomic E-state index is 12.1. The summed E-state index contributed by atoms with van der Waals surface area (Å²) in [5.74, 6) is -0.167. The van der Waals surface area contributed by atoms with Crippen molar-refractivity contribution >= 4 is 11.7 Å². The van der Waals surface area contributed by atoms with E-state index in [1.54, 1.807) is 6.92 Å². The number of carbonyl (C=O) groups excluding carboxylic acids is 1. The van der Waals surface area contributed by atoms with Crippen LogP contribution >= 0.6 is 0 Å². The van der Waals surface area contributed by atoms with Gasteiger partial charge >= 0.3 is 5.97 Å². The van der Waals surface area contributed by atoms with Gasteiger partial charge in [0.2, 0.25) is 5.82 Å². The molecule has 0 unspecified atom stereocenters. The number of rotatable bonds is 6. The lowest BCUT2D eigenvalue weighted by molar-refractivity contribution is -0.385. The molecule has 1 aromatic heterocycles. The number of aromatic nitrogens is 2.